The Morgan fingerprint density at radius 3 is 2.55 bits per heavy atom. The molecule has 2 aromatic rings. The largest absolute Gasteiger partial charge is 0.318 e. The van der Waals surface area contributed by atoms with Gasteiger partial charge >= 0.3 is 11.1 Å². The Morgan fingerprint density at radius 1 is 1.23 bits per heavy atom. The van der Waals surface area contributed by atoms with E-state index in [1.54, 1.807) is 22.9 Å². The second kappa shape index (κ2) is 5.35. The van der Waals surface area contributed by atoms with Crippen LogP contribution in [0.2, 0.25) is 0 Å². The molecule has 1 aliphatic heterocycles. The van der Waals surface area contributed by atoms with Crippen LogP contribution in [0.25, 0.3) is 11.2 Å². The number of pyridine rings is 1. The second-order valence-corrected chi connectivity index (χ2v) is 6.89. The highest BCUT2D eigenvalue weighted by Crippen LogP contribution is 2.27. The third-order valence-electron chi connectivity index (χ3n) is 4.45. The van der Waals surface area contributed by atoms with Crippen LogP contribution in [0.5, 0.6) is 0 Å². The summed E-state index contributed by atoms with van der Waals surface area (Å²) in [6.07, 6.45) is 3.36. The molecule has 0 amide bonds. The highest BCUT2D eigenvalue weighted by Gasteiger charge is 2.29. The fraction of sp³-hybridized carbons (Fsp3) is 0.562. The predicted octanol–water partition coefficient (Wildman–Crippen LogP) is 1.52. The third-order valence-corrected chi connectivity index (χ3v) is 4.45. The molecule has 0 unspecified atom stereocenters. The molecule has 3 heterocycles. The Kier molecular flexibility index (Phi) is 3.64. The van der Waals surface area contributed by atoms with Crippen LogP contribution >= 0.6 is 0 Å². The Balaban J connectivity index is 2.00. The number of H-pyrrole nitrogens is 1. The standard InChI is InChI=1S/C16H22N4O2/c1-16(2,3)19-9-6-11(7-10-19)20-13-12(5-4-8-17-13)18-14(21)15(20)22/h4-5,8,11H,6-7,9-10H2,1-3H3,(H,18,21). The molecule has 0 radical (unpaired) electrons. The van der Waals surface area contributed by atoms with Gasteiger partial charge in [-0.1, -0.05) is 0 Å². The Labute approximate surface area is 128 Å². The molecule has 0 saturated carbocycles. The van der Waals surface area contributed by atoms with E-state index in [2.05, 4.69) is 35.6 Å². The van der Waals surface area contributed by atoms with E-state index in [-0.39, 0.29) is 11.6 Å². The topological polar surface area (TPSA) is 71.0 Å². The molecular weight excluding hydrogens is 280 g/mol. The van der Waals surface area contributed by atoms with Crippen molar-refractivity contribution in [3.8, 4) is 0 Å². The van der Waals surface area contributed by atoms with Crippen LogP contribution in [-0.2, 0) is 0 Å². The molecule has 0 aromatic carbocycles. The SMILES string of the molecule is CC(C)(C)N1CCC(n2c(=O)c(=O)[nH]c3cccnc32)CC1. The first-order valence-electron chi connectivity index (χ1n) is 7.72. The molecular formula is C16H22N4O2. The highest BCUT2D eigenvalue weighted by molar-refractivity contribution is 5.69. The number of piperidine rings is 1. The zero-order valence-electron chi connectivity index (χ0n) is 13.3. The number of rotatable bonds is 1. The summed E-state index contributed by atoms with van der Waals surface area (Å²) in [7, 11) is 0. The molecule has 118 valence electrons. The fourth-order valence-corrected chi connectivity index (χ4v) is 3.20. The number of aromatic amines is 1. The van der Waals surface area contributed by atoms with Gasteiger partial charge in [-0.3, -0.25) is 19.1 Å². The first-order chi connectivity index (χ1) is 10.4. The quantitative estimate of drug-likeness (QED) is 0.811. The molecule has 2 aromatic heterocycles. The molecule has 0 aliphatic carbocycles. The van der Waals surface area contributed by atoms with Crippen LogP contribution in [0.15, 0.2) is 27.9 Å². The summed E-state index contributed by atoms with van der Waals surface area (Å²) in [5.74, 6) is 0. The van der Waals surface area contributed by atoms with Gasteiger partial charge in [0, 0.05) is 30.9 Å². The number of aromatic nitrogens is 3. The van der Waals surface area contributed by atoms with Gasteiger partial charge in [0.1, 0.15) is 0 Å². The van der Waals surface area contributed by atoms with Gasteiger partial charge in [0.2, 0.25) is 0 Å². The van der Waals surface area contributed by atoms with E-state index in [0.717, 1.165) is 25.9 Å². The van der Waals surface area contributed by atoms with Crippen molar-refractivity contribution in [1.82, 2.24) is 19.4 Å². The van der Waals surface area contributed by atoms with Crippen LogP contribution in [-0.4, -0.2) is 38.1 Å². The molecule has 0 bridgehead atoms. The average Bonchev–Trinajstić information content (AvgIpc) is 2.48. The summed E-state index contributed by atoms with van der Waals surface area (Å²) < 4.78 is 1.59. The minimum Gasteiger partial charge on any atom is -0.315 e. The van der Waals surface area contributed by atoms with Gasteiger partial charge < -0.3 is 4.98 Å². The van der Waals surface area contributed by atoms with E-state index in [1.807, 2.05) is 0 Å². The van der Waals surface area contributed by atoms with Crippen LogP contribution in [0, 0.1) is 0 Å². The van der Waals surface area contributed by atoms with Gasteiger partial charge in [0.05, 0.1) is 5.52 Å². The van der Waals surface area contributed by atoms with Gasteiger partial charge in [-0.2, -0.15) is 0 Å². The first-order valence-corrected chi connectivity index (χ1v) is 7.72. The molecule has 1 N–H and O–H groups in total. The zero-order chi connectivity index (χ0) is 15.9. The van der Waals surface area contributed by atoms with Gasteiger partial charge in [-0.05, 0) is 45.7 Å². The van der Waals surface area contributed by atoms with Crippen molar-refractivity contribution < 1.29 is 0 Å². The van der Waals surface area contributed by atoms with E-state index in [9.17, 15) is 9.59 Å². The average molecular weight is 302 g/mol. The maximum atomic E-state index is 12.3. The number of hydrogen-bond donors (Lipinski definition) is 1. The van der Waals surface area contributed by atoms with E-state index < -0.39 is 11.1 Å². The molecule has 1 aliphatic rings. The van der Waals surface area contributed by atoms with Crippen molar-refractivity contribution >= 4 is 11.2 Å². The summed E-state index contributed by atoms with van der Waals surface area (Å²) in [5.41, 5.74) is 0.246. The normalized spacial score (nSPS) is 18.0. The van der Waals surface area contributed by atoms with Crippen molar-refractivity contribution in [3.05, 3.63) is 39.0 Å². The van der Waals surface area contributed by atoms with Gasteiger partial charge in [-0.25, -0.2) is 4.98 Å². The van der Waals surface area contributed by atoms with E-state index in [0.29, 0.717) is 11.2 Å². The predicted molar refractivity (Wildman–Crippen MR) is 86.2 cm³/mol. The molecule has 6 nitrogen and oxygen atoms in total. The molecule has 0 spiro atoms. The zero-order valence-corrected chi connectivity index (χ0v) is 13.3. The minimum absolute atomic E-state index is 0.0331. The van der Waals surface area contributed by atoms with Gasteiger partial charge in [-0.15, -0.1) is 0 Å². The number of likely N-dealkylation sites (tertiary alicyclic amines) is 1. The Morgan fingerprint density at radius 2 is 1.91 bits per heavy atom. The van der Waals surface area contributed by atoms with Crippen molar-refractivity contribution in [2.24, 2.45) is 0 Å². The smallest absolute Gasteiger partial charge is 0.315 e. The molecule has 1 fully saturated rings. The highest BCUT2D eigenvalue weighted by atomic mass is 16.2. The molecule has 3 rings (SSSR count). The summed E-state index contributed by atoms with van der Waals surface area (Å²) in [6.45, 7) is 8.43. The lowest BCUT2D eigenvalue weighted by atomic mass is 9.98. The second-order valence-electron chi connectivity index (χ2n) is 6.89. The Hall–Kier alpha value is -1.95. The van der Waals surface area contributed by atoms with Crippen molar-refractivity contribution in [2.75, 3.05) is 13.1 Å². The lowest BCUT2D eigenvalue weighted by Gasteiger charge is -2.41. The summed E-state index contributed by atoms with van der Waals surface area (Å²) in [4.78, 5) is 33.5. The first kappa shape index (κ1) is 15.0. The summed E-state index contributed by atoms with van der Waals surface area (Å²) in [6, 6.07) is 3.57. The van der Waals surface area contributed by atoms with Crippen molar-refractivity contribution in [2.45, 2.75) is 45.2 Å². The van der Waals surface area contributed by atoms with Crippen LogP contribution in [0.3, 0.4) is 0 Å². The minimum atomic E-state index is -0.571. The number of nitrogens with one attached hydrogen (secondary N) is 1. The maximum Gasteiger partial charge on any atom is 0.318 e. The molecule has 6 heteroatoms. The number of nitrogens with zero attached hydrogens (tertiary/aromatic N) is 3. The van der Waals surface area contributed by atoms with Crippen molar-refractivity contribution in [1.29, 1.82) is 0 Å². The van der Waals surface area contributed by atoms with E-state index >= 15 is 0 Å². The third kappa shape index (κ3) is 2.59. The molecule has 22 heavy (non-hydrogen) atoms. The summed E-state index contributed by atoms with van der Waals surface area (Å²) >= 11 is 0. The van der Waals surface area contributed by atoms with Crippen molar-refractivity contribution in [3.63, 3.8) is 0 Å². The summed E-state index contributed by atoms with van der Waals surface area (Å²) in [5, 5.41) is 0. The van der Waals surface area contributed by atoms with Crippen LogP contribution < -0.4 is 11.1 Å². The van der Waals surface area contributed by atoms with Gasteiger partial charge in [0.25, 0.3) is 0 Å². The fourth-order valence-electron chi connectivity index (χ4n) is 3.20. The van der Waals surface area contributed by atoms with E-state index in [4.69, 9.17) is 0 Å². The Bertz CT molecular complexity index is 792. The molecule has 0 atom stereocenters. The van der Waals surface area contributed by atoms with Crippen LogP contribution in [0.4, 0.5) is 0 Å². The number of hydrogen-bond acceptors (Lipinski definition) is 4. The molecule has 1 saturated heterocycles. The maximum absolute atomic E-state index is 12.3. The van der Waals surface area contributed by atoms with Gasteiger partial charge in [0.15, 0.2) is 5.65 Å². The van der Waals surface area contributed by atoms with Crippen LogP contribution in [0.1, 0.15) is 39.7 Å². The lowest BCUT2D eigenvalue weighted by molar-refractivity contribution is 0.0898. The number of fused-ring (bicyclic) bond motifs is 1. The monoisotopic (exact) mass is 302 g/mol. The lowest BCUT2D eigenvalue weighted by Crippen LogP contribution is -2.48. The van der Waals surface area contributed by atoms with E-state index in [1.165, 1.54) is 0 Å².